The summed E-state index contributed by atoms with van der Waals surface area (Å²) in [6.07, 6.45) is 7.51. The highest BCUT2D eigenvalue weighted by Crippen LogP contribution is 2.43. The van der Waals surface area contributed by atoms with Gasteiger partial charge in [0, 0.05) is 17.0 Å². The predicted molar refractivity (Wildman–Crippen MR) is 86.3 cm³/mol. The fourth-order valence-corrected chi connectivity index (χ4v) is 4.19. The first-order chi connectivity index (χ1) is 10.7. The normalized spacial score (nSPS) is 27.2. The lowest BCUT2D eigenvalue weighted by Crippen LogP contribution is -2.26. The minimum Gasteiger partial charge on any atom is -0.490 e. The summed E-state index contributed by atoms with van der Waals surface area (Å²) in [7, 11) is 0. The van der Waals surface area contributed by atoms with Crippen LogP contribution in [0.3, 0.4) is 0 Å². The van der Waals surface area contributed by atoms with Crippen LogP contribution >= 0.6 is 0 Å². The second-order valence-electron chi connectivity index (χ2n) is 6.87. The van der Waals surface area contributed by atoms with E-state index in [-0.39, 0.29) is 5.63 Å². The highest BCUT2D eigenvalue weighted by molar-refractivity contribution is 5.78. The van der Waals surface area contributed by atoms with Crippen LogP contribution in [0, 0.1) is 11.8 Å². The average Bonchev–Trinajstić information content (AvgIpc) is 2.85. The zero-order valence-corrected chi connectivity index (χ0v) is 13.0. The van der Waals surface area contributed by atoms with Gasteiger partial charge in [-0.1, -0.05) is 19.8 Å². The zero-order valence-electron chi connectivity index (χ0n) is 13.0. The van der Waals surface area contributed by atoms with Crippen molar-refractivity contribution < 1.29 is 9.15 Å². The molecule has 2 bridgehead atoms. The van der Waals surface area contributed by atoms with E-state index in [2.05, 4.69) is 0 Å². The standard InChI is InChI=1S/C19H22O3/c1-2-14-10-15-5-6-16(11-18(15)22-19(14)20)21-17-8-12-3-4-13(7-12)9-17/h5-6,10-13,17H,2-4,7-9H2,1H3/t12-,13-/m0/s1. The van der Waals surface area contributed by atoms with Crippen molar-refractivity contribution >= 4 is 11.0 Å². The van der Waals surface area contributed by atoms with Crippen LogP contribution in [0.15, 0.2) is 33.5 Å². The van der Waals surface area contributed by atoms with Gasteiger partial charge in [0.25, 0.3) is 0 Å². The molecule has 0 amide bonds. The molecule has 0 saturated heterocycles. The fourth-order valence-electron chi connectivity index (χ4n) is 4.19. The fraction of sp³-hybridized carbons (Fsp3) is 0.526. The highest BCUT2D eigenvalue weighted by Gasteiger charge is 2.35. The quantitative estimate of drug-likeness (QED) is 0.792. The van der Waals surface area contributed by atoms with Crippen molar-refractivity contribution in [2.45, 2.75) is 51.6 Å². The van der Waals surface area contributed by atoms with Crippen LogP contribution < -0.4 is 10.4 Å². The maximum atomic E-state index is 11.9. The summed E-state index contributed by atoms with van der Waals surface area (Å²) in [6, 6.07) is 7.78. The number of hydrogen-bond donors (Lipinski definition) is 0. The van der Waals surface area contributed by atoms with Gasteiger partial charge in [-0.2, -0.15) is 0 Å². The molecule has 3 nitrogen and oxygen atoms in total. The lowest BCUT2D eigenvalue weighted by atomic mass is 9.87. The molecule has 1 aromatic heterocycles. The van der Waals surface area contributed by atoms with E-state index in [0.29, 0.717) is 18.1 Å². The number of benzene rings is 1. The molecule has 0 N–H and O–H groups in total. The van der Waals surface area contributed by atoms with Gasteiger partial charge in [0.2, 0.25) is 0 Å². The van der Waals surface area contributed by atoms with E-state index in [0.717, 1.165) is 28.5 Å². The van der Waals surface area contributed by atoms with Gasteiger partial charge in [0.15, 0.2) is 0 Å². The summed E-state index contributed by atoms with van der Waals surface area (Å²) in [5, 5.41) is 0.965. The zero-order chi connectivity index (χ0) is 15.1. The van der Waals surface area contributed by atoms with Crippen molar-refractivity contribution in [3.05, 3.63) is 40.2 Å². The van der Waals surface area contributed by atoms with Crippen LogP contribution in [0.1, 0.15) is 44.6 Å². The Bertz CT molecular complexity index is 734. The Morgan fingerprint density at radius 2 is 1.91 bits per heavy atom. The molecule has 3 heteroatoms. The van der Waals surface area contributed by atoms with E-state index in [1.807, 2.05) is 31.2 Å². The Kier molecular flexibility index (Phi) is 3.44. The van der Waals surface area contributed by atoms with Gasteiger partial charge in [-0.15, -0.1) is 0 Å². The molecule has 1 heterocycles. The maximum absolute atomic E-state index is 11.9. The molecule has 22 heavy (non-hydrogen) atoms. The number of aryl methyl sites for hydroxylation is 1. The molecule has 2 aliphatic carbocycles. The van der Waals surface area contributed by atoms with Gasteiger partial charge in [0.05, 0.1) is 6.10 Å². The molecule has 116 valence electrons. The largest absolute Gasteiger partial charge is 0.490 e. The van der Waals surface area contributed by atoms with Crippen LogP contribution in [0.5, 0.6) is 5.75 Å². The van der Waals surface area contributed by atoms with Gasteiger partial charge in [-0.05, 0) is 55.7 Å². The Morgan fingerprint density at radius 1 is 1.14 bits per heavy atom. The van der Waals surface area contributed by atoms with E-state index in [1.165, 1.54) is 32.1 Å². The summed E-state index contributed by atoms with van der Waals surface area (Å²) >= 11 is 0. The van der Waals surface area contributed by atoms with Crippen molar-refractivity contribution in [2.24, 2.45) is 11.8 Å². The monoisotopic (exact) mass is 298 g/mol. The first-order valence-electron chi connectivity index (χ1n) is 8.44. The molecule has 1 aromatic carbocycles. The molecule has 2 aliphatic rings. The van der Waals surface area contributed by atoms with Crippen molar-refractivity contribution in [3.63, 3.8) is 0 Å². The van der Waals surface area contributed by atoms with Crippen molar-refractivity contribution in [1.82, 2.24) is 0 Å². The van der Waals surface area contributed by atoms with E-state index in [9.17, 15) is 4.79 Å². The number of rotatable bonds is 3. The van der Waals surface area contributed by atoms with Crippen molar-refractivity contribution in [2.75, 3.05) is 0 Å². The molecule has 2 fully saturated rings. The van der Waals surface area contributed by atoms with Crippen molar-refractivity contribution in [3.8, 4) is 5.75 Å². The highest BCUT2D eigenvalue weighted by atomic mass is 16.5. The predicted octanol–water partition coefficient (Wildman–Crippen LogP) is 4.31. The summed E-state index contributed by atoms with van der Waals surface area (Å²) < 4.78 is 11.6. The molecule has 0 unspecified atom stereocenters. The van der Waals surface area contributed by atoms with Crippen LogP contribution in [-0.2, 0) is 6.42 Å². The average molecular weight is 298 g/mol. The third-order valence-corrected chi connectivity index (χ3v) is 5.31. The van der Waals surface area contributed by atoms with Crippen LogP contribution in [0.25, 0.3) is 11.0 Å². The molecule has 0 aliphatic heterocycles. The van der Waals surface area contributed by atoms with E-state index >= 15 is 0 Å². The Morgan fingerprint density at radius 3 is 2.64 bits per heavy atom. The number of hydrogen-bond acceptors (Lipinski definition) is 3. The third kappa shape index (κ3) is 2.53. The molecule has 0 spiro atoms. The van der Waals surface area contributed by atoms with Gasteiger partial charge < -0.3 is 9.15 Å². The van der Waals surface area contributed by atoms with Crippen LogP contribution in [0.4, 0.5) is 0 Å². The molecular weight excluding hydrogens is 276 g/mol. The van der Waals surface area contributed by atoms with Crippen LogP contribution in [0.2, 0.25) is 0 Å². The second kappa shape index (κ2) is 5.45. The summed E-state index contributed by atoms with van der Waals surface area (Å²) in [5.41, 5.74) is 1.12. The molecule has 0 radical (unpaired) electrons. The summed E-state index contributed by atoms with van der Waals surface area (Å²) in [4.78, 5) is 11.9. The number of fused-ring (bicyclic) bond motifs is 3. The van der Waals surface area contributed by atoms with E-state index < -0.39 is 0 Å². The summed E-state index contributed by atoms with van der Waals surface area (Å²) in [5.74, 6) is 2.54. The lowest BCUT2D eigenvalue weighted by molar-refractivity contribution is 0.119. The smallest absolute Gasteiger partial charge is 0.339 e. The van der Waals surface area contributed by atoms with Gasteiger partial charge in [-0.3, -0.25) is 0 Å². The molecule has 2 aromatic rings. The Labute approximate surface area is 130 Å². The minimum absolute atomic E-state index is 0.233. The van der Waals surface area contributed by atoms with Gasteiger partial charge in [-0.25, -0.2) is 4.79 Å². The van der Waals surface area contributed by atoms with E-state index in [4.69, 9.17) is 9.15 Å². The lowest BCUT2D eigenvalue weighted by Gasteiger charge is -2.28. The van der Waals surface area contributed by atoms with Crippen molar-refractivity contribution in [1.29, 1.82) is 0 Å². The maximum Gasteiger partial charge on any atom is 0.339 e. The first kappa shape index (κ1) is 13.9. The third-order valence-electron chi connectivity index (χ3n) is 5.31. The summed E-state index contributed by atoms with van der Waals surface area (Å²) in [6.45, 7) is 1.97. The second-order valence-corrected chi connectivity index (χ2v) is 6.87. The Hall–Kier alpha value is -1.77. The van der Waals surface area contributed by atoms with E-state index in [1.54, 1.807) is 0 Å². The minimum atomic E-state index is -0.233. The number of ether oxygens (including phenoxy) is 1. The van der Waals surface area contributed by atoms with Crippen LogP contribution in [-0.4, -0.2) is 6.10 Å². The topological polar surface area (TPSA) is 39.4 Å². The van der Waals surface area contributed by atoms with Gasteiger partial charge >= 0.3 is 5.63 Å². The SMILES string of the molecule is CCc1cc2ccc(OC3C[C@H]4CC[C@H](C3)C4)cc2oc1=O. The Balaban J connectivity index is 1.58. The first-order valence-corrected chi connectivity index (χ1v) is 8.44. The molecule has 2 atom stereocenters. The van der Waals surface area contributed by atoms with Gasteiger partial charge in [0.1, 0.15) is 11.3 Å². The molecular formula is C19H22O3. The molecule has 4 rings (SSSR count). The molecule has 2 saturated carbocycles.